The van der Waals surface area contributed by atoms with Crippen molar-refractivity contribution in [2.75, 3.05) is 32.8 Å². The average molecular weight is 369 g/mol. The van der Waals surface area contributed by atoms with Crippen LogP contribution in [0.3, 0.4) is 0 Å². The Hall–Kier alpha value is -2.76. The van der Waals surface area contributed by atoms with Gasteiger partial charge in [0, 0.05) is 43.3 Å². The number of amides is 2. The van der Waals surface area contributed by atoms with Gasteiger partial charge in [-0.15, -0.1) is 0 Å². The minimum absolute atomic E-state index is 0.0185. The molecular formula is C21H27N3O3. The van der Waals surface area contributed by atoms with Crippen molar-refractivity contribution in [1.29, 1.82) is 0 Å². The molecule has 2 amide bonds. The number of benzene rings is 1. The number of aromatic nitrogens is 1. The summed E-state index contributed by atoms with van der Waals surface area (Å²) < 4.78 is 7.15. The molecule has 2 heterocycles. The second-order valence-electron chi connectivity index (χ2n) is 6.93. The third-order valence-electron chi connectivity index (χ3n) is 5.05. The van der Waals surface area contributed by atoms with Crippen molar-refractivity contribution >= 4 is 12.0 Å². The number of piperazine rings is 1. The van der Waals surface area contributed by atoms with E-state index in [4.69, 9.17) is 4.74 Å². The van der Waals surface area contributed by atoms with Crippen LogP contribution in [0.25, 0.3) is 5.69 Å². The van der Waals surface area contributed by atoms with Crippen molar-refractivity contribution in [1.82, 2.24) is 14.4 Å². The normalized spacial score (nSPS) is 14.4. The molecule has 2 aromatic rings. The molecule has 0 spiro atoms. The lowest BCUT2D eigenvalue weighted by Crippen LogP contribution is -2.50. The van der Waals surface area contributed by atoms with Crippen molar-refractivity contribution in [3.63, 3.8) is 0 Å². The van der Waals surface area contributed by atoms with Gasteiger partial charge in [0.05, 0.1) is 12.2 Å². The lowest BCUT2D eigenvalue weighted by Gasteiger charge is -2.34. The second-order valence-corrected chi connectivity index (χ2v) is 6.93. The Bertz CT molecular complexity index is 831. The molecule has 144 valence electrons. The van der Waals surface area contributed by atoms with E-state index >= 15 is 0 Å². The summed E-state index contributed by atoms with van der Waals surface area (Å²) in [6.45, 7) is 10.3. The highest BCUT2D eigenvalue weighted by Gasteiger charge is 2.27. The van der Waals surface area contributed by atoms with Gasteiger partial charge in [-0.2, -0.15) is 0 Å². The van der Waals surface area contributed by atoms with Crippen LogP contribution >= 0.6 is 0 Å². The van der Waals surface area contributed by atoms with Gasteiger partial charge < -0.3 is 19.1 Å². The summed E-state index contributed by atoms with van der Waals surface area (Å²) in [5, 5.41) is 0. The molecule has 1 aliphatic heterocycles. The van der Waals surface area contributed by atoms with Crippen molar-refractivity contribution in [2.24, 2.45) is 0 Å². The quantitative estimate of drug-likeness (QED) is 0.834. The first-order chi connectivity index (χ1) is 12.9. The van der Waals surface area contributed by atoms with Crippen molar-refractivity contribution in [3.8, 4) is 5.69 Å². The van der Waals surface area contributed by atoms with Crippen LogP contribution in [0.5, 0.6) is 0 Å². The van der Waals surface area contributed by atoms with Crippen LogP contribution in [-0.2, 0) is 4.74 Å². The Morgan fingerprint density at radius 2 is 1.56 bits per heavy atom. The monoisotopic (exact) mass is 369 g/mol. The molecule has 0 saturated carbocycles. The maximum Gasteiger partial charge on any atom is 0.409 e. The summed E-state index contributed by atoms with van der Waals surface area (Å²) in [7, 11) is 0. The lowest BCUT2D eigenvalue weighted by molar-refractivity contribution is 0.0570. The summed E-state index contributed by atoms with van der Waals surface area (Å²) in [5.41, 5.74) is 4.95. The molecule has 0 aliphatic carbocycles. The van der Waals surface area contributed by atoms with E-state index in [2.05, 4.69) is 35.8 Å². The van der Waals surface area contributed by atoms with Gasteiger partial charge in [-0.3, -0.25) is 4.79 Å². The van der Waals surface area contributed by atoms with Gasteiger partial charge in [-0.1, -0.05) is 17.7 Å². The minimum Gasteiger partial charge on any atom is -0.450 e. The average Bonchev–Trinajstić information content (AvgIpc) is 2.96. The lowest BCUT2D eigenvalue weighted by atomic mass is 10.2. The fourth-order valence-electron chi connectivity index (χ4n) is 3.55. The fraction of sp³-hybridized carbons (Fsp3) is 0.429. The summed E-state index contributed by atoms with van der Waals surface area (Å²) >= 11 is 0. The number of ether oxygens (including phenoxy) is 1. The Morgan fingerprint density at radius 3 is 2.15 bits per heavy atom. The first kappa shape index (κ1) is 19.0. The molecule has 1 saturated heterocycles. The minimum atomic E-state index is -0.304. The van der Waals surface area contributed by atoms with Crippen LogP contribution in [0, 0.1) is 20.8 Å². The predicted octanol–water partition coefficient (Wildman–Crippen LogP) is 3.32. The molecule has 3 rings (SSSR count). The largest absolute Gasteiger partial charge is 0.450 e. The van der Waals surface area contributed by atoms with Gasteiger partial charge in [0.2, 0.25) is 0 Å². The highest BCUT2D eigenvalue weighted by molar-refractivity contribution is 5.96. The standard InChI is InChI=1S/C21H27N3O3/c1-5-27-21(26)23-12-10-22(11-13-23)20(25)19-14-16(3)24(17(19)4)18-8-6-15(2)7-9-18/h6-9,14H,5,10-13H2,1-4H3. The zero-order valence-corrected chi connectivity index (χ0v) is 16.5. The van der Waals surface area contributed by atoms with E-state index in [0.717, 1.165) is 22.6 Å². The number of hydrogen-bond donors (Lipinski definition) is 0. The van der Waals surface area contributed by atoms with Crippen LogP contribution in [0.2, 0.25) is 0 Å². The van der Waals surface area contributed by atoms with Crippen molar-refractivity contribution in [3.05, 3.63) is 52.8 Å². The van der Waals surface area contributed by atoms with Crippen LogP contribution < -0.4 is 0 Å². The van der Waals surface area contributed by atoms with Crippen LogP contribution in [-0.4, -0.2) is 59.2 Å². The smallest absolute Gasteiger partial charge is 0.409 e. The Morgan fingerprint density at radius 1 is 0.963 bits per heavy atom. The highest BCUT2D eigenvalue weighted by atomic mass is 16.6. The SMILES string of the molecule is CCOC(=O)N1CCN(C(=O)c2cc(C)n(-c3ccc(C)cc3)c2C)CC1. The van der Waals surface area contributed by atoms with Crippen LogP contribution in [0.15, 0.2) is 30.3 Å². The van der Waals surface area contributed by atoms with E-state index in [1.54, 1.807) is 11.8 Å². The summed E-state index contributed by atoms with van der Waals surface area (Å²) in [4.78, 5) is 28.3. The van der Waals surface area contributed by atoms with E-state index in [9.17, 15) is 9.59 Å². The maximum absolute atomic E-state index is 13.1. The molecule has 0 radical (unpaired) electrons. The maximum atomic E-state index is 13.1. The van der Waals surface area contributed by atoms with Crippen LogP contribution in [0.4, 0.5) is 4.79 Å². The molecule has 6 nitrogen and oxygen atoms in total. The van der Waals surface area contributed by atoms with Gasteiger partial charge in [-0.25, -0.2) is 4.79 Å². The van der Waals surface area contributed by atoms with Crippen molar-refractivity contribution in [2.45, 2.75) is 27.7 Å². The summed E-state index contributed by atoms with van der Waals surface area (Å²) in [5.74, 6) is 0.0185. The third-order valence-corrected chi connectivity index (χ3v) is 5.05. The van der Waals surface area contributed by atoms with Gasteiger partial charge in [-0.05, 0) is 45.9 Å². The number of hydrogen-bond acceptors (Lipinski definition) is 3. The first-order valence-corrected chi connectivity index (χ1v) is 9.39. The molecule has 1 aromatic carbocycles. The number of carbonyl (C=O) groups excluding carboxylic acids is 2. The van der Waals surface area contributed by atoms with E-state index in [1.165, 1.54) is 5.56 Å². The molecule has 1 aliphatic rings. The summed E-state index contributed by atoms with van der Waals surface area (Å²) in [6, 6.07) is 10.2. The molecule has 1 fully saturated rings. The van der Waals surface area contributed by atoms with E-state index in [-0.39, 0.29) is 12.0 Å². The Kier molecular flexibility index (Phi) is 5.54. The number of aryl methyl sites for hydroxylation is 2. The van der Waals surface area contributed by atoms with Crippen molar-refractivity contribution < 1.29 is 14.3 Å². The fourth-order valence-corrected chi connectivity index (χ4v) is 3.55. The van der Waals surface area contributed by atoms with Crippen LogP contribution in [0.1, 0.15) is 34.2 Å². The number of carbonyl (C=O) groups is 2. The highest BCUT2D eigenvalue weighted by Crippen LogP contribution is 2.23. The van der Waals surface area contributed by atoms with Gasteiger partial charge in [0.25, 0.3) is 5.91 Å². The third kappa shape index (κ3) is 3.84. The number of rotatable bonds is 3. The molecule has 0 N–H and O–H groups in total. The topological polar surface area (TPSA) is 54.8 Å². The molecule has 6 heteroatoms. The van der Waals surface area contributed by atoms with Gasteiger partial charge in [0.1, 0.15) is 0 Å². The van der Waals surface area contributed by atoms with Gasteiger partial charge in [0.15, 0.2) is 0 Å². The van der Waals surface area contributed by atoms with E-state index in [1.807, 2.05) is 24.8 Å². The zero-order valence-electron chi connectivity index (χ0n) is 16.5. The molecule has 0 atom stereocenters. The number of nitrogens with zero attached hydrogens (tertiary/aromatic N) is 3. The molecular weight excluding hydrogens is 342 g/mol. The van der Waals surface area contributed by atoms with E-state index < -0.39 is 0 Å². The molecule has 0 unspecified atom stereocenters. The molecule has 27 heavy (non-hydrogen) atoms. The molecule has 1 aromatic heterocycles. The van der Waals surface area contributed by atoms with Gasteiger partial charge >= 0.3 is 6.09 Å². The Balaban J connectivity index is 1.76. The summed E-state index contributed by atoms with van der Waals surface area (Å²) in [6.07, 6.45) is -0.304. The Labute approximate surface area is 160 Å². The molecule has 0 bridgehead atoms. The zero-order chi connectivity index (χ0) is 19.6. The first-order valence-electron chi connectivity index (χ1n) is 9.39. The predicted molar refractivity (Wildman–Crippen MR) is 104 cm³/mol. The van der Waals surface area contributed by atoms with E-state index in [0.29, 0.717) is 32.8 Å². The second kappa shape index (κ2) is 7.86.